The molecule has 1 saturated heterocycles. The van der Waals surface area contributed by atoms with Crippen LogP contribution in [-0.2, 0) is 11.2 Å². The lowest BCUT2D eigenvalue weighted by atomic mass is 10.0. The largest absolute Gasteiger partial charge is 0.497 e. The number of rotatable bonds is 5. The molecule has 1 atom stereocenters. The SMILES string of the molecule is COc1cccc(CC(=O)N2CCC(c3cc(=O)[nH]c(-c4ccncc4)n3)C2)c1. The van der Waals surface area contributed by atoms with Crippen molar-refractivity contribution < 1.29 is 9.53 Å². The van der Waals surface area contributed by atoms with Crippen molar-refractivity contribution in [2.75, 3.05) is 20.2 Å². The number of benzene rings is 1. The van der Waals surface area contributed by atoms with Gasteiger partial charge in [0.05, 0.1) is 19.2 Å². The van der Waals surface area contributed by atoms with Crippen LogP contribution in [0.5, 0.6) is 5.75 Å². The minimum Gasteiger partial charge on any atom is -0.497 e. The molecule has 1 aliphatic heterocycles. The number of hydrogen-bond donors (Lipinski definition) is 1. The normalized spacial score (nSPS) is 16.0. The summed E-state index contributed by atoms with van der Waals surface area (Å²) in [5.41, 5.74) is 2.26. The number of pyridine rings is 1. The van der Waals surface area contributed by atoms with Crippen molar-refractivity contribution in [2.45, 2.75) is 18.8 Å². The van der Waals surface area contributed by atoms with Crippen molar-refractivity contribution in [1.29, 1.82) is 0 Å². The average molecular weight is 390 g/mol. The van der Waals surface area contributed by atoms with Crippen LogP contribution < -0.4 is 10.3 Å². The fourth-order valence-corrected chi connectivity index (χ4v) is 3.63. The van der Waals surface area contributed by atoms with Crippen LogP contribution in [0, 0.1) is 0 Å². The number of nitrogens with zero attached hydrogens (tertiary/aromatic N) is 3. The third kappa shape index (κ3) is 4.34. The van der Waals surface area contributed by atoms with E-state index in [1.165, 1.54) is 6.07 Å². The van der Waals surface area contributed by atoms with Gasteiger partial charge in [-0.1, -0.05) is 12.1 Å². The molecule has 1 aromatic carbocycles. The summed E-state index contributed by atoms with van der Waals surface area (Å²) in [6.07, 6.45) is 4.44. The fraction of sp³-hybridized carbons (Fsp3) is 0.273. The molecule has 0 radical (unpaired) electrons. The van der Waals surface area contributed by atoms with E-state index in [2.05, 4.69) is 15.0 Å². The van der Waals surface area contributed by atoms with E-state index in [0.29, 0.717) is 25.3 Å². The van der Waals surface area contributed by atoms with Crippen LogP contribution in [0.15, 0.2) is 59.7 Å². The van der Waals surface area contributed by atoms with Crippen LogP contribution in [0.25, 0.3) is 11.4 Å². The molecule has 3 heterocycles. The van der Waals surface area contributed by atoms with E-state index in [1.807, 2.05) is 29.2 Å². The van der Waals surface area contributed by atoms with Crippen molar-refractivity contribution in [3.63, 3.8) is 0 Å². The molecule has 0 spiro atoms. The Hall–Kier alpha value is -3.48. The Morgan fingerprint density at radius 1 is 1.24 bits per heavy atom. The first-order valence-electron chi connectivity index (χ1n) is 9.55. The summed E-state index contributed by atoms with van der Waals surface area (Å²) in [6, 6.07) is 12.7. The van der Waals surface area contributed by atoms with Gasteiger partial charge in [0.25, 0.3) is 5.56 Å². The molecule has 29 heavy (non-hydrogen) atoms. The number of hydrogen-bond acceptors (Lipinski definition) is 5. The zero-order valence-electron chi connectivity index (χ0n) is 16.2. The van der Waals surface area contributed by atoms with Gasteiger partial charge >= 0.3 is 0 Å². The van der Waals surface area contributed by atoms with Crippen LogP contribution >= 0.6 is 0 Å². The van der Waals surface area contributed by atoms with Gasteiger partial charge in [0, 0.05) is 43.0 Å². The second-order valence-electron chi connectivity index (χ2n) is 7.11. The first-order chi connectivity index (χ1) is 14.1. The molecular weight excluding hydrogens is 368 g/mol. The van der Waals surface area contributed by atoms with Gasteiger partial charge in [0.1, 0.15) is 11.6 Å². The van der Waals surface area contributed by atoms with Crippen molar-refractivity contribution >= 4 is 5.91 Å². The van der Waals surface area contributed by atoms with Crippen LogP contribution in [0.3, 0.4) is 0 Å². The predicted molar refractivity (Wildman–Crippen MR) is 109 cm³/mol. The van der Waals surface area contributed by atoms with Gasteiger partial charge in [-0.3, -0.25) is 14.6 Å². The highest BCUT2D eigenvalue weighted by Gasteiger charge is 2.28. The molecule has 1 unspecified atom stereocenters. The molecule has 2 aromatic heterocycles. The fourth-order valence-electron chi connectivity index (χ4n) is 3.63. The van der Waals surface area contributed by atoms with Crippen LogP contribution in [0.1, 0.15) is 23.6 Å². The van der Waals surface area contributed by atoms with Gasteiger partial charge in [0.15, 0.2) is 0 Å². The number of aromatic nitrogens is 3. The molecule has 3 aromatic rings. The van der Waals surface area contributed by atoms with Crippen molar-refractivity contribution in [3.8, 4) is 17.1 Å². The number of ether oxygens (including phenoxy) is 1. The Balaban J connectivity index is 1.47. The van der Waals surface area contributed by atoms with E-state index in [0.717, 1.165) is 29.0 Å². The quantitative estimate of drug-likeness (QED) is 0.723. The highest BCUT2D eigenvalue weighted by molar-refractivity contribution is 5.79. The minimum atomic E-state index is -0.192. The molecule has 7 nitrogen and oxygen atoms in total. The van der Waals surface area contributed by atoms with Crippen molar-refractivity contribution in [1.82, 2.24) is 19.9 Å². The maximum absolute atomic E-state index is 12.7. The zero-order valence-corrected chi connectivity index (χ0v) is 16.2. The van der Waals surface area contributed by atoms with E-state index in [-0.39, 0.29) is 17.4 Å². The molecular formula is C22H22N4O3. The highest BCUT2D eigenvalue weighted by Crippen LogP contribution is 2.27. The number of likely N-dealkylation sites (tertiary alicyclic amines) is 1. The molecule has 1 amide bonds. The summed E-state index contributed by atoms with van der Waals surface area (Å²) in [5, 5.41) is 0. The van der Waals surface area contributed by atoms with E-state index < -0.39 is 0 Å². The van der Waals surface area contributed by atoms with Gasteiger partial charge in [-0.05, 0) is 36.2 Å². The zero-order chi connectivity index (χ0) is 20.2. The molecule has 1 fully saturated rings. The maximum Gasteiger partial charge on any atom is 0.251 e. The van der Waals surface area contributed by atoms with Crippen molar-refractivity contribution in [3.05, 3.63) is 76.5 Å². The van der Waals surface area contributed by atoms with Gasteiger partial charge in [-0.25, -0.2) is 4.98 Å². The Bertz CT molecular complexity index is 1060. The van der Waals surface area contributed by atoms with E-state index in [4.69, 9.17) is 4.74 Å². The second-order valence-corrected chi connectivity index (χ2v) is 7.11. The van der Waals surface area contributed by atoms with E-state index in [9.17, 15) is 9.59 Å². The summed E-state index contributed by atoms with van der Waals surface area (Å²) < 4.78 is 5.23. The predicted octanol–water partition coefficient (Wildman–Crippen LogP) is 2.40. The maximum atomic E-state index is 12.7. The topological polar surface area (TPSA) is 88.2 Å². The number of nitrogens with one attached hydrogen (secondary N) is 1. The summed E-state index contributed by atoms with van der Waals surface area (Å²) >= 11 is 0. The lowest BCUT2D eigenvalue weighted by Crippen LogP contribution is -2.30. The Morgan fingerprint density at radius 2 is 2.07 bits per heavy atom. The summed E-state index contributed by atoms with van der Waals surface area (Å²) in [4.78, 5) is 38.2. The summed E-state index contributed by atoms with van der Waals surface area (Å²) in [6.45, 7) is 1.22. The smallest absolute Gasteiger partial charge is 0.251 e. The molecule has 1 N–H and O–H groups in total. The monoisotopic (exact) mass is 390 g/mol. The van der Waals surface area contributed by atoms with Crippen LogP contribution in [0.2, 0.25) is 0 Å². The van der Waals surface area contributed by atoms with Gasteiger partial charge in [-0.15, -0.1) is 0 Å². The first-order valence-corrected chi connectivity index (χ1v) is 9.55. The number of methoxy groups -OCH3 is 1. The molecule has 7 heteroatoms. The summed E-state index contributed by atoms with van der Waals surface area (Å²) in [7, 11) is 1.61. The molecule has 0 aliphatic carbocycles. The Morgan fingerprint density at radius 3 is 2.86 bits per heavy atom. The molecule has 1 aliphatic rings. The number of aromatic amines is 1. The van der Waals surface area contributed by atoms with Gasteiger partial charge < -0.3 is 14.6 Å². The minimum absolute atomic E-state index is 0.0483. The molecule has 0 bridgehead atoms. The lowest BCUT2D eigenvalue weighted by molar-refractivity contribution is -0.129. The number of carbonyl (C=O) groups is 1. The average Bonchev–Trinajstić information content (AvgIpc) is 3.25. The molecule has 148 valence electrons. The molecule has 0 saturated carbocycles. The summed E-state index contributed by atoms with van der Waals surface area (Å²) in [5.74, 6) is 1.38. The van der Waals surface area contributed by atoms with Crippen LogP contribution in [0.4, 0.5) is 0 Å². The molecule has 4 rings (SSSR count). The third-order valence-corrected chi connectivity index (χ3v) is 5.16. The van der Waals surface area contributed by atoms with E-state index >= 15 is 0 Å². The van der Waals surface area contributed by atoms with Crippen molar-refractivity contribution in [2.24, 2.45) is 0 Å². The van der Waals surface area contributed by atoms with Gasteiger partial charge in [0.2, 0.25) is 5.91 Å². The van der Waals surface area contributed by atoms with Crippen LogP contribution in [-0.4, -0.2) is 46.0 Å². The second kappa shape index (κ2) is 8.26. The lowest BCUT2D eigenvalue weighted by Gasteiger charge is -2.17. The number of amides is 1. The third-order valence-electron chi connectivity index (χ3n) is 5.16. The Kier molecular flexibility index (Phi) is 5.37. The number of H-pyrrole nitrogens is 1. The highest BCUT2D eigenvalue weighted by atomic mass is 16.5. The first kappa shape index (κ1) is 18.9. The van der Waals surface area contributed by atoms with Gasteiger partial charge in [-0.2, -0.15) is 0 Å². The standard InChI is InChI=1S/C22H22N4O3/c1-29-18-4-2-3-15(11-18)12-21(28)26-10-7-17(14-26)19-13-20(27)25-22(24-19)16-5-8-23-9-6-16/h2-6,8-9,11,13,17H,7,10,12,14H2,1H3,(H,24,25,27). The number of carbonyl (C=O) groups excluding carboxylic acids is 1. The van der Waals surface area contributed by atoms with E-state index in [1.54, 1.807) is 31.6 Å². The Labute approximate surface area is 168 Å².